The Balaban J connectivity index is 2.00. The lowest BCUT2D eigenvalue weighted by atomic mass is 9.91. The number of hydrogen-bond acceptors (Lipinski definition) is 5. The molecular weight excluding hydrogens is 250 g/mol. The van der Waals surface area contributed by atoms with Crippen LogP contribution < -0.4 is 11.1 Å². The summed E-state index contributed by atoms with van der Waals surface area (Å²) in [4.78, 5) is 12.1. The Hall–Kier alpha value is -2.17. The van der Waals surface area contributed by atoms with Crippen molar-refractivity contribution < 1.29 is 0 Å². The van der Waals surface area contributed by atoms with Crippen LogP contribution in [-0.2, 0) is 12.0 Å². The molecule has 0 amide bonds. The van der Waals surface area contributed by atoms with Crippen LogP contribution in [0.25, 0.3) is 0 Å². The first kappa shape index (κ1) is 12.8. The fraction of sp³-hybridized carbons (Fsp3) is 0.400. The zero-order valence-electron chi connectivity index (χ0n) is 12.1. The van der Waals surface area contributed by atoms with E-state index in [0.717, 1.165) is 12.8 Å². The van der Waals surface area contributed by atoms with E-state index in [9.17, 15) is 0 Å². The number of fused-ring (bicyclic) bond motifs is 1. The molecule has 0 spiro atoms. The summed E-state index contributed by atoms with van der Waals surface area (Å²) in [5.74, 6) is 0.775. The molecule has 1 aliphatic carbocycles. The summed E-state index contributed by atoms with van der Waals surface area (Å²) >= 11 is 0. The fourth-order valence-corrected chi connectivity index (χ4v) is 3.08. The van der Waals surface area contributed by atoms with Gasteiger partial charge in [-0.05, 0) is 50.3 Å². The van der Waals surface area contributed by atoms with Crippen LogP contribution >= 0.6 is 0 Å². The second kappa shape index (κ2) is 4.44. The number of nitrogens with one attached hydrogen (secondary N) is 1. The first-order valence-corrected chi connectivity index (χ1v) is 6.81. The lowest BCUT2D eigenvalue weighted by Crippen LogP contribution is -2.30. The van der Waals surface area contributed by atoms with Crippen LogP contribution in [0.2, 0.25) is 0 Å². The smallest absolute Gasteiger partial charge is 0.228 e. The van der Waals surface area contributed by atoms with E-state index in [4.69, 9.17) is 5.73 Å². The highest BCUT2D eigenvalue weighted by Gasteiger charge is 2.35. The molecule has 0 aliphatic heterocycles. The van der Waals surface area contributed by atoms with Crippen molar-refractivity contribution in [3.8, 4) is 0 Å². The Morgan fingerprint density at radius 2 is 2.05 bits per heavy atom. The number of benzene rings is 1. The summed E-state index contributed by atoms with van der Waals surface area (Å²) in [7, 11) is 0. The number of aryl methyl sites for hydroxylation is 2. The Morgan fingerprint density at radius 3 is 2.80 bits per heavy atom. The third-order valence-corrected chi connectivity index (χ3v) is 4.06. The van der Waals surface area contributed by atoms with Crippen molar-refractivity contribution in [1.29, 1.82) is 0 Å². The van der Waals surface area contributed by atoms with Crippen molar-refractivity contribution in [2.24, 2.45) is 0 Å². The molecule has 0 saturated carbocycles. The topological polar surface area (TPSA) is 76.7 Å². The van der Waals surface area contributed by atoms with Gasteiger partial charge in [0.1, 0.15) is 6.33 Å². The summed E-state index contributed by atoms with van der Waals surface area (Å²) in [6.45, 7) is 6.50. The van der Waals surface area contributed by atoms with Crippen molar-refractivity contribution >= 4 is 11.9 Å². The number of aromatic nitrogens is 3. The minimum atomic E-state index is -0.153. The van der Waals surface area contributed by atoms with Gasteiger partial charge < -0.3 is 11.1 Å². The van der Waals surface area contributed by atoms with E-state index in [1.54, 1.807) is 0 Å². The number of nitrogens with two attached hydrogens (primary N) is 1. The summed E-state index contributed by atoms with van der Waals surface area (Å²) in [6.07, 6.45) is 3.54. The van der Waals surface area contributed by atoms with E-state index in [-0.39, 0.29) is 11.5 Å². The molecule has 1 aromatic carbocycles. The summed E-state index contributed by atoms with van der Waals surface area (Å²) in [5, 5.41) is 3.43. The van der Waals surface area contributed by atoms with Gasteiger partial charge in [0.05, 0.1) is 5.54 Å². The molecule has 2 aromatic rings. The summed E-state index contributed by atoms with van der Waals surface area (Å²) in [6, 6.07) is 4.50. The van der Waals surface area contributed by atoms with Crippen molar-refractivity contribution in [2.75, 3.05) is 11.1 Å². The highest BCUT2D eigenvalue weighted by molar-refractivity contribution is 5.50. The van der Waals surface area contributed by atoms with Gasteiger partial charge in [-0.25, -0.2) is 9.97 Å². The number of rotatable bonds is 2. The van der Waals surface area contributed by atoms with Crippen LogP contribution in [0.5, 0.6) is 0 Å². The monoisotopic (exact) mass is 269 g/mol. The maximum Gasteiger partial charge on any atom is 0.228 e. The molecule has 1 aromatic heterocycles. The van der Waals surface area contributed by atoms with Crippen LogP contribution in [0.4, 0.5) is 11.9 Å². The van der Waals surface area contributed by atoms with Crippen LogP contribution in [0, 0.1) is 13.8 Å². The van der Waals surface area contributed by atoms with Gasteiger partial charge in [-0.15, -0.1) is 0 Å². The Kier molecular flexibility index (Phi) is 2.85. The maximum atomic E-state index is 5.62. The normalized spacial score (nSPS) is 20.8. The zero-order valence-corrected chi connectivity index (χ0v) is 12.1. The van der Waals surface area contributed by atoms with Gasteiger partial charge in [0.15, 0.2) is 0 Å². The van der Waals surface area contributed by atoms with E-state index in [2.05, 4.69) is 53.2 Å². The highest BCUT2D eigenvalue weighted by atomic mass is 15.2. The van der Waals surface area contributed by atoms with E-state index in [1.165, 1.54) is 28.6 Å². The maximum absolute atomic E-state index is 5.62. The van der Waals surface area contributed by atoms with Crippen LogP contribution in [-0.4, -0.2) is 15.0 Å². The average Bonchev–Trinajstić information content (AvgIpc) is 2.67. The van der Waals surface area contributed by atoms with Crippen LogP contribution in [0.15, 0.2) is 18.5 Å². The van der Waals surface area contributed by atoms with Gasteiger partial charge in [0.25, 0.3) is 0 Å². The third kappa shape index (κ3) is 2.09. The molecule has 0 saturated heterocycles. The molecule has 3 N–H and O–H groups in total. The van der Waals surface area contributed by atoms with Gasteiger partial charge in [0.2, 0.25) is 11.9 Å². The quantitative estimate of drug-likeness (QED) is 0.875. The summed E-state index contributed by atoms with van der Waals surface area (Å²) in [5.41, 5.74) is 10.9. The Morgan fingerprint density at radius 1 is 1.25 bits per heavy atom. The lowest BCUT2D eigenvalue weighted by Gasteiger charge is -2.27. The Labute approximate surface area is 118 Å². The zero-order chi connectivity index (χ0) is 14.3. The lowest BCUT2D eigenvalue weighted by molar-refractivity contribution is 0.533. The van der Waals surface area contributed by atoms with Gasteiger partial charge in [-0.3, -0.25) is 0 Å². The van der Waals surface area contributed by atoms with E-state index in [1.807, 2.05) is 0 Å². The predicted octanol–water partition coefficient (Wildman–Crippen LogP) is 2.34. The van der Waals surface area contributed by atoms with Crippen molar-refractivity contribution in [3.63, 3.8) is 0 Å². The molecule has 5 nitrogen and oxygen atoms in total. The van der Waals surface area contributed by atoms with Crippen molar-refractivity contribution in [3.05, 3.63) is 40.7 Å². The van der Waals surface area contributed by atoms with Crippen LogP contribution in [0.1, 0.15) is 35.6 Å². The third-order valence-electron chi connectivity index (χ3n) is 4.06. The predicted molar refractivity (Wildman–Crippen MR) is 79.5 cm³/mol. The molecule has 20 heavy (non-hydrogen) atoms. The van der Waals surface area contributed by atoms with Gasteiger partial charge in [-0.2, -0.15) is 4.98 Å². The highest BCUT2D eigenvalue weighted by Crippen LogP contribution is 2.40. The van der Waals surface area contributed by atoms with Gasteiger partial charge in [-0.1, -0.05) is 17.7 Å². The number of nitrogen functional groups attached to an aromatic ring is 1. The average molecular weight is 269 g/mol. The first-order chi connectivity index (χ1) is 9.48. The SMILES string of the molecule is Cc1cc(C)c2c(c1)[C@](C)(Nc1ncnc(N)n1)CC2. The van der Waals surface area contributed by atoms with Crippen molar-refractivity contribution in [1.82, 2.24) is 15.0 Å². The van der Waals surface area contributed by atoms with E-state index < -0.39 is 0 Å². The summed E-state index contributed by atoms with van der Waals surface area (Å²) < 4.78 is 0. The molecule has 104 valence electrons. The van der Waals surface area contributed by atoms with Gasteiger partial charge >= 0.3 is 0 Å². The number of hydrogen-bond donors (Lipinski definition) is 2. The second-order valence-electron chi connectivity index (χ2n) is 5.73. The minimum absolute atomic E-state index is 0.153. The molecule has 1 aliphatic rings. The first-order valence-electron chi connectivity index (χ1n) is 6.81. The van der Waals surface area contributed by atoms with Crippen molar-refractivity contribution in [2.45, 2.75) is 39.2 Å². The molecule has 0 bridgehead atoms. The second-order valence-corrected chi connectivity index (χ2v) is 5.73. The molecule has 1 atom stereocenters. The molecule has 3 rings (SSSR count). The molecule has 0 radical (unpaired) electrons. The fourth-order valence-electron chi connectivity index (χ4n) is 3.08. The van der Waals surface area contributed by atoms with E-state index >= 15 is 0 Å². The molecule has 1 heterocycles. The Bertz CT molecular complexity index is 667. The number of anilines is 2. The largest absolute Gasteiger partial charge is 0.368 e. The van der Waals surface area contributed by atoms with Crippen LogP contribution in [0.3, 0.4) is 0 Å². The molecule has 5 heteroatoms. The standard InChI is InChI=1S/C15H19N5/c1-9-6-10(2)11-4-5-15(3,12(11)7-9)20-14-18-8-17-13(16)19-14/h6-8H,4-5H2,1-3H3,(H3,16,17,18,19,20)/t15-/m1/s1. The molecular formula is C15H19N5. The molecule has 0 fully saturated rings. The molecule has 0 unspecified atom stereocenters. The number of nitrogens with zero attached hydrogens (tertiary/aromatic N) is 3. The van der Waals surface area contributed by atoms with E-state index in [0.29, 0.717) is 5.95 Å². The van der Waals surface area contributed by atoms with Gasteiger partial charge in [0, 0.05) is 0 Å². The minimum Gasteiger partial charge on any atom is -0.368 e.